The molecule has 2 aromatic rings. The lowest BCUT2D eigenvalue weighted by molar-refractivity contribution is -0.145. The maximum atomic E-state index is 11.9. The number of amides is 1. The molecule has 7 nitrogen and oxygen atoms in total. The fourth-order valence-electron chi connectivity index (χ4n) is 2.14. The van der Waals surface area contributed by atoms with Crippen molar-refractivity contribution in [2.45, 2.75) is 13.3 Å². The van der Waals surface area contributed by atoms with Crippen LogP contribution in [0.4, 0.5) is 0 Å². The number of nitrogens with one attached hydrogen (secondary N) is 1. The molecule has 0 aromatic heterocycles. The molecule has 0 aliphatic rings. The van der Waals surface area contributed by atoms with Gasteiger partial charge in [-0.25, -0.2) is 10.2 Å². The van der Waals surface area contributed by atoms with Crippen molar-refractivity contribution in [1.29, 1.82) is 0 Å². The van der Waals surface area contributed by atoms with Crippen LogP contribution in [0, 0.1) is 0 Å². The molecule has 0 saturated carbocycles. The molecule has 2 aromatic carbocycles. The number of carbonyl (C=O) groups excluding carboxylic acids is 2. The fourth-order valence-corrected chi connectivity index (χ4v) is 2.14. The molecule has 0 heterocycles. The summed E-state index contributed by atoms with van der Waals surface area (Å²) in [5, 5.41) is 3.94. The van der Waals surface area contributed by atoms with E-state index in [1.807, 2.05) is 12.1 Å². The van der Waals surface area contributed by atoms with Crippen LogP contribution in [0.3, 0.4) is 0 Å². The van der Waals surface area contributed by atoms with Crippen molar-refractivity contribution in [3.8, 4) is 11.5 Å². The van der Waals surface area contributed by atoms with Gasteiger partial charge in [-0.2, -0.15) is 5.10 Å². The Morgan fingerprint density at radius 2 is 1.70 bits per heavy atom. The number of hydrazone groups is 1. The monoisotopic (exact) mass is 370 g/mol. The number of rotatable bonds is 9. The van der Waals surface area contributed by atoms with Gasteiger partial charge in [0.1, 0.15) is 11.5 Å². The van der Waals surface area contributed by atoms with Crippen molar-refractivity contribution in [1.82, 2.24) is 5.43 Å². The predicted octanol–water partition coefficient (Wildman–Crippen LogP) is 2.33. The second-order valence-electron chi connectivity index (χ2n) is 5.48. The van der Waals surface area contributed by atoms with E-state index in [-0.39, 0.29) is 18.9 Å². The normalized spacial score (nSPS) is 10.4. The molecule has 2 rings (SSSR count). The zero-order valence-corrected chi connectivity index (χ0v) is 15.3. The van der Waals surface area contributed by atoms with Crippen LogP contribution in [-0.2, 0) is 20.7 Å². The van der Waals surface area contributed by atoms with Gasteiger partial charge < -0.3 is 14.2 Å². The summed E-state index contributed by atoms with van der Waals surface area (Å²) in [7, 11) is 1.59. The third-order valence-electron chi connectivity index (χ3n) is 3.47. The maximum absolute atomic E-state index is 11.9. The topological polar surface area (TPSA) is 86.2 Å². The molecule has 1 N–H and O–H groups in total. The summed E-state index contributed by atoms with van der Waals surface area (Å²) in [5.41, 5.74) is 4.13. The van der Waals surface area contributed by atoms with E-state index in [2.05, 4.69) is 10.5 Å². The Kier molecular flexibility index (Phi) is 7.84. The first-order valence-electron chi connectivity index (χ1n) is 8.44. The van der Waals surface area contributed by atoms with E-state index < -0.39 is 5.97 Å². The van der Waals surface area contributed by atoms with E-state index in [4.69, 9.17) is 14.2 Å². The zero-order chi connectivity index (χ0) is 19.5. The van der Waals surface area contributed by atoms with E-state index in [1.54, 1.807) is 50.4 Å². The highest BCUT2D eigenvalue weighted by Crippen LogP contribution is 2.12. The van der Waals surface area contributed by atoms with E-state index in [0.29, 0.717) is 12.4 Å². The van der Waals surface area contributed by atoms with Crippen LogP contribution in [-0.4, -0.2) is 38.4 Å². The number of esters is 1. The lowest BCUT2D eigenvalue weighted by Crippen LogP contribution is -2.19. The van der Waals surface area contributed by atoms with E-state index in [0.717, 1.165) is 16.9 Å². The minimum atomic E-state index is -0.414. The molecule has 0 unspecified atom stereocenters. The Balaban J connectivity index is 1.77. The van der Waals surface area contributed by atoms with Crippen LogP contribution >= 0.6 is 0 Å². The second-order valence-corrected chi connectivity index (χ2v) is 5.48. The molecule has 7 heteroatoms. The number of hydrogen-bond acceptors (Lipinski definition) is 6. The molecule has 0 spiro atoms. The van der Waals surface area contributed by atoms with Gasteiger partial charge in [-0.3, -0.25) is 4.79 Å². The number of benzene rings is 2. The fraction of sp³-hybridized carbons (Fsp3) is 0.250. The highest BCUT2D eigenvalue weighted by atomic mass is 16.6. The van der Waals surface area contributed by atoms with E-state index in [1.165, 1.54) is 6.21 Å². The largest absolute Gasteiger partial charge is 0.497 e. The summed E-state index contributed by atoms with van der Waals surface area (Å²) < 4.78 is 15.2. The van der Waals surface area contributed by atoms with Gasteiger partial charge in [-0.1, -0.05) is 12.1 Å². The van der Waals surface area contributed by atoms with Crippen LogP contribution in [0.2, 0.25) is 0 Å². The first kappa shape index (κ1) is 20.0. The van der Waals surface area contributed by atoms with Gasteiger partial charge in [0.15, 0.2) is 6.61 Å². The highest BCUT2D eigenvalue weighted by molar-refractivity contribution is 5.83. The van der Waals surface area contributed by atoms with Crippen molar-refractivity contribution in [3.63, 3.8) is 0 Å². The van der Waals surface area contributed by atoms with E-state index in [9.17, 15) is 9.59 Å². The molecule has 1 amide bonds. The predicted molar refractivity (Wildman–Crippen MR) is 101 cm³/mol. The van der Waals surface area contributed by atoms with Gasteiger partial charge in [0.2, 0.25) is 5.91 Å². The lowest BCUT2D eigenvalue weighted by Gasteiger charge is -2.05. The van der Waals surface area contributed by atoms with Crippen LogP contribution in [0.25, 0.3) is 0 Å². The first-order chi connectivity index (χ1) is 13.1. The van der Waals surface area contributed by atoms with Gasteiger partial charge in [-0.05, 0) is 54.4 Å². The summed E-state index contributed by atoms with van der Waals surface area (Å²) in [6, 6.07) is 14.2. The summed E-state index contributed by atoms with van der Waals surface area (Å²) >= 11 is 0. The van der Waals surface area contributed by atoms with Crippen molar-refractivity contribution < 1.29 is 23.8 Å². The Bertz CT molecular complexity index is 770. The third-order valence-corrected chi connectivity index (χ3v) is 3.47. The minimum absolute atomic E-state index is 0.136. The highest BCUT2D eigenvalue weighted by Gasteiger charge is 2.04. The van der Waals surface area contributed by atoms with Crippen molar-refractivity contribution in [3.05, 3.63) is 59.7 Å². The smallest absolute Gasteiger partial charge is 0.344 e. The Labute approximate surface area is 157 Å². The summed E-state index contributed by atoms with van der Waals surface area (Å²) in [4.78, 5) is 23.1. The van der Waals surface area contributed by atoms with Crippen molar-refractivity contribution in [2.75, 3.05) is 20.3 Å². The molecule has 0 aliphatic heterocycles. The molecule has 27 heavy (non-hydrogen) atoms. The number of ether oxygens (including phenoxy) is 3. The van der Waals surface area contributed by atoms with Crippen LogP contribution < -0.4 is 14.9 Å². The van der Waals surface area contributed by atoms with Crippen LogP contribution in [0.15, 0.2) is 53.6 Å². The van der Waals surface area contributed by atoms with Gasteiger partial charge in [0, 0.05) is 0 Å². The van der Waals surface area contributed by atoms with Crippen LogP contribution in [0.1, 0.15) is 18.1 Å². The summed E-state index contributed by atoms with van der Waals surface area (Å²) in [5.74, 6) is 0.657. The quantitative estimate of drug-likeness (QED) is 0.416. The Morgan fingerprint density at radius 1 is 1.04 bits per heavy atom. The third kappa shape index (κ3) is 7.19. The van der Waals surface area contributed by atoms with Crippen LogP contribution in [0.5, 0.6) is 11.5 Å². The SMILES string of the molecule is CCOC(=O)COc1ccc(/C=N\NC(=O)Cc2ccc(OC)cc2)cc1. The number of methoxy groups -OCH3 is 1. The molecular formula is C20H22N2O5. The van der Waals surface area contributed by atoms with Gasteiger partial charge in [-0.15, -0.1) is 0 Å². The first-order valence-corrected chi connectivity index (χ1v) is 8.44. The summed E-state index contributed by atoms with van der Waals surface area (Å²) in [6.07, 6.45) is 1.75. The molecule has 0 radical (unpaired) electrons. The lowest BCUT2D eigenvalue weighted by atomic mass is 10.1. The molecule has 0 saturated heterocycles. The molecule has 0 fully saturated rings. The standard InChI is InChI=1S/C20H22N2O5/c1-3-26-20(24)14-27-18-10-6-16(7-11-18)13-21-22-19(23)12-15-4-8-17(25-2)9-5-15/h4-11,13H,3,12,14H2,1-2H3,(H,22,23)/b21-13-. The number of carbonyl (C=O) groups is 2. The molecule has 0 atom stereocenters. The number of hydrogen-bond donors (Lipinski definition) is 1. The van der Waals surface area contributed by atoms with Gasteiger partial charge >= 0.3 is 5.97 Å². The number of nitrogens with zero attached hydrogens (tertiary/aromatic N) is 1. The molecular weight excluding hydrogens is 348 g/mol. The Morgan fingerprint density at radius 3 is 2.33 bits per heavy atom. The summed E-state index contributed by atoms with van der Waals surface area (Å²) in [6.45, 7) is 1.92. The molecule has 142 valence electrons. The maximum Gasteiger partial charge on any atom is 0.344 e. The minimum Gasteiger partial charge on any atom is -0.497 e. The van der Waals surface area contributed by atoms with E-state index >= 15 is 0 Å². The van der Waals surface area contributed by atoms with Gasteiger partial charge in [0.05, 0.1) is 26.4 Å². The molecule has 0 aliphatic carbocycles. The average molecular weight is 370 g/mol. The zero-order valence-electron chi connectivity index (χ0n) is 15.3. The van der Waals surface area contributed by atoms with Gasteiger partial charge in [0.25, 0.3) is 0 Å². The second kappa shape index (κ2) is 10.6. The Hall–Kier alpha value is -3.35. The molecule has 0 bridgehead atoms. The average Bonchev–Trinajstić information content (AvgIpc) is 2.68. The van der Waals surface area contributed by atoms with Crippen molar-refractivity contribution >= 4 is 18.1 Å². The van der Waals surface area contributed by atoms with Crippen molar-refractivity contribution in [2.24, 2.45) is 5.10 Å².